The zero-order chi connectivity index (χ0) is 14.8. The van der Waals surface area contributed by atoms with Crippen LogP contribution in [-0.2, 0) is 6.42 Å². The van der Waals surface area contributed by atoms with Crippen molar-refractivity contribution in [1.29, 1.82) is 5.26 Å². The van der Waals surface area contributed by atoms with Crippen molar-refractivity contribution in [2.45, 2.75) is 12.8 Å². The Balaban J connectivity index is 2.18. The number of nitrogens with zero attached hydrogens (tertiary/aromatic N) is 3. The Morgan fingerprint density at radius 2 is 1.75 bits per heavy atom. The topological polar surface area (TPSA) is 39.5 Å². The fourth-order valence-corrected chi connectivity index (χ4v) is 1.88. The molecule has 1 aromatic carbocycles. The highest BCUT2D eigenvalue weighted by atomic mass is 16.5. The molecule has 110 valence electrons. The second kappa shape index (κ2) is 9.35. The Hall–Kier alpha value is -1.57. The summed E-state index contributed by atoms with van der Waals surface area (Å²) in [5, 5.41) is 8.61. The number of hydrogen-bond donors (Lipinski definition) is 0. The van der Waals surface area contributed by atoms with Crippen LogP contribution in [0.15, 0.2) is 24.3 Å². The number of rotatable bonds is 9. The van der Waals surface area contributed by atoms with Crippen molar-refractivity contribution in [3.05, 3.63) is 29.8 Å². The average molecular weight is 275 g/mol. The minimum atomic E-state index is 0.453. The molecule has 0 bridgehead atoms. The molecule has 4 nitrogen and oxygen atoms in total. The van der Waals surface area contributed by atoms with Crippen LogP contribution in [0.4, 0.5) is 0 Å². The molecule has 0 heterocycles. The van der Waals surface area contributed by atoms with Crippen LogP contribution in [0.5, 0.6) is 5.75 Å². The van der Waals surface area contributed by atoms with Crippen LogP contribution in [0.1, 0.15) is 12.0 Å². The van der Waals surface area contributed by atoms with Crippen molar-refractivity contribution in [1.82, 2.24) is 9.80 Å². The molecular formula is C16H25N3O. The molecule has 0 N–H and O–H groups in total. The van der Waals surface area contributed by atoms with Crippen molar-refractivity contribution in [3.63, 3.8) is 0 Å². The van der Waals surface area contributed by atoms with Crippen LogP contribution >= 0.6 is 0 Å². The third kappa shape index (κ3) is 7.13. The van der Waals surface area contributed by atoms with Gasteiger partial charge < -0.3 is 14.5 Å². The van der Waals surface area contributed by atoms with Gasteiger partial charge in [0.05, 0.1) is 12.5 Å². The highest BCUT2D eigenvalue weighted by Crippen LogP contribution is 2.12. The summed E-state index contributed by atoms with van der Waals surface area (Å²) >= 11 is 0. The van der Waals surface area contributed by atoms with Crippen molar-refractivity contribution in [2.24, 2.45) is 0 Å². The predicted octanol–water partition coefficient (Wildman–Crippen LogP) is 2.01. The molecular weight excluding hydrogens is 250 g/mol. The third-order valence-electron chi connectivity index (χ3n) is 3.09. The normalized spacial score (nSPS) is 10.8. The van der Waals surface area contributed by atoms with E-state index in [0.717, 1.165) is 30.9 Å². The van der Waals surface area contributed by atoms with Gasteiger partial charge in [0.2, 0.25) is 0 Å². The molecule has 0 aliphatic heterocycles. The Labute approximate surface area is 122 Å². The smallest absolute Gasteiger partial charge is 0.119 e. The maximum Gasteiger partial charge on any atom is 0.119 e. The lowest BCUT2D eigenvalue weighted by Gasteiger charge is -2.18. The van der Waals surface area contributed by atoms with Gasteiger partial charge in [-0.25, -0.2) is 0 Å². The van der Waals surface area contributed by atoms with Gasteiger partial charge in [0.1, 0.15) is 12.4 Å². The molecule has 4 heteroatoms. The standard InChI is InChI=1S/C16H25N3O/c1-18(2)11-4-12-19(3)13-14-20-16-7-5-15(6-8-16)9-10-17/h5-8H,4,9,11-14H2,1-3H3. The van der Waals surface area contributed by atoms with Gasteiger partial charge in [-0.05, 0) is 58.3 Å². The first-order valence-corrected chi connectivity index (χ1v) is 7.04. The predicted molar refractivity (Wildman–Crippen MR) is 81.9 cm³/mol. The van der Waals surface area contributed by atoms with Crippen LogP contribution in [0, 0.1) is 11.3 Å². The molecule has 0 aliphatic rings. The maximum absolute atomic E-state index is 8.61. The van der Waals surface area contributed by atoms with E-state index < -0.39 is 0 Å². The number of benzene rings is 1. The molecule has 0 amide bonds. The fourth-order valence-electron chi connectivity index (χ4n) is 1.88. The lowest BCUT2D eigenvalue weighted by atomic mass is 10.2. The molecule has 20 heavy (non-hydrogen) atoms. The van der Waals surface area contributed by atoms with Crippen LogP contribution < -0.4 is 4.74 Å². The minimum Gasteiger partial charge on any atom is -0.492 e. The van der Waals surface area contributed by atoms with Crippen molar-refractivity contribution >= 4 is 0 Å². The van der Waals surface area contributed by atoms with Crippen molar-refractivity contribution in [3.8, 4) is 11.8 Å². The van der Waals surface area contributed by atoms with E-state index >= 15 is 0 Å². The minimum absolute atomic E-state index is 0.453. The molecule has 1 aromatic rings. The van der Waals surface area contributed by atoms with Gasteiger partial charge in [-0.15, -0.1) is 0 Å². The van der Waals surface area contributed by atoms with Gasteiger partial charge in [-0.1, -0.05) is 12.1 Å². The van der Waals surface area contributed by atoms with Gasteiger partial charge in [-0.2, -0.15) is 5.26 Å². The van der Waals surface area contributed by atoms with Gasteiger partial charge in [0.15, 0.2) is 0 Å². The molecule has 1 rings (SSSR count). The van der Waals surface area contributed by atoms with E-state index in [2.05, 4.69) is 37.0 Å². The Bertz CT molecular complexity index is 409. The summed E-state index contributed by atoms with van der Waals surface area (Å²) in [6.45, 7) is 3.82. The van der Waals surface area contributed by atoms with Gasteiger partial charge in [-0.3, -0.25) is 0 Å². The fraction of sp³-hybridized carbons (Fsp3) is 0.562. The first-order valence-electron chi connectivity index (χ1n) is 7.04. The van der Waals surface area contributed by atoms with Crippen LogP contribution in [0.2, 0.25) is 0 Å². The number of likely N-dealkylation sites (N-methyl/N-ethyl adjacent to an activating group) is 1. The summed E-state index contributed by atoms with van der Waals surface area (Å²) in [7, 11) is 6.31. The molecule has 0 radical (unpaired) electrons. The van der Waals surface area contributed by atoms with Crippen LogP contribution in [-0.4, -0.2) is 57.2 Å². The van der Waals surface area contributed by atoms with Gasteiger partial charge in [0, 0.05) is 6.54 Å². The SMILES string of the molecule is CN(C)CCCN(C)CCOc1ccc(CC#N)cc1. The second-order valence-corrected chi connectivity index (χ2v) is 5.29. The monoisotopic (exact) mass is 275 g/mol. The average Bonchev–Trinajstić information content (AvgIpc) is 2.40. The number of nitriles is 1. The summed E-state index contributed by atoms with van der Waals surface area (Å²) in [5.41, 5.74) is 1.03. The van der Waals surface area contributed by atoms with E-state index in [1.54, 1.807) is 0 Å². The molecule has 0 saturated heterocycles. The Morgan fingerprint density at radius 1 is 1.05 bits per heavy atom. The first kappa shape index (κ1) is 16.5. The first-order chi connectivity index (χ1) is 9.61. The molecule has 0 saturated carbocycles. The zero-order valence-electron chi connectivity index (χ0n) is 12.8. The molecule has 0 fully saturated rings. The summed E-state index contributed by atoms with van der Waals surface area (Å²) in [5.74, 6) is 0.869. The summed E-state index contributed by atoms with van der Waals surface area (Å²) in [6.07, 6.45) is 1.63. The zero-order valence-corrected chi connectivity index (χ0v) is 12.8. The number of ether oxygens (including phenoxy) is 1. The molecule has 0 unspecified atom stereocenters. The molecule has 0 aromatic heterocycles. The highest BCUT2D eigenvalue weighted by molar-refractivity contribution is 5.28. The Morgan fingerprint density at radius 3 is 2.35 bits per heavy atom. The van der Waals surface area contributed by atoms with E-state index in [1.807, 2.05) is 24.3 Å². The van der Waals surface area contributed by atoms with Gasteiger partial charge >= 0.3 is 0 Å². The molecule has 0 spiro atoms. The maximum atomic E-state index is 8.61. The van der Waals surface area contributed by atoms with E-state index in [0.29, 0.717) is 13.0 Å². The third-order valence-corrected chi connectivity index (χ3v) is 3.09. The highest BCUT2D eigenvalue weighted by Gasteiger charge is 2.00. The lowest BCUT2D eigenvalue weighted by Crippen LogP contribution is -2.27. The summed E-state index contributed by atoms with van der Waals surface area (Å²) < 4.78 is 5.70. The lowest BCUT2D eigenvalue weighted by molar-refractivity contribution is 0.229. The summed E-state index contributed by atoms with van der Waals surface area (Å²) in [6, 6.07) is 9.88. The van der Waals surface area contributed by atoms with E-state index in [1.165, 1.54) is 6.42 Å². The summed E-state index contributed by atoms with van der Waals surface area (Å²) in [4.78, 5) is 4.49. The van der Waals surface area contributed by atoms with Crippen molar-refractivity contribution < 1.29 is 4.74 Å². The van der Waals surface area contributed by atoms with E-state index in [4.69, 9.17) is 10.00 Å². The van der Waals surface area contributed by atoms with Gasteiger partial charge in [0.25, 0.3) is 0 Å². The van der Waals surface area contributed by atoms with Crippen molar-refractivity contribution in [2.75, 3.05) is 47.4 Å². The Kier molecular flexibility index (Phi) is 7.71. The molecule has 0 aliphatic carbocycles. The quantitative estimate of drug-likeness (QED) is 0.691. The van der Waals surface area contributed by atoms with E-state index in [9.17, 15) is 0 Å². The molecule has 0 atom stereocenters. The van der Waals surface area contributed by atoms with Crippen LogP contribution in [0.3, 0.4) is 0 Å². The second-order valence-electron chi connectivity index (χ2n) is 5.29. The van der Waals surface area contributed by atoms with Crippen LogP contribution in [0.25, 0.3) is 0 Å². The largest absolute Gasteiger partial charge is 0.492 e. The number of hydrogen-bond acceptors (Lipinski definition) is 4. The van der Waals surface area contributed by atoms with E-state index in [-0.39, 0.29) is 0 Å².